The summed E-state index contributed by atoms with van der Waals surface area (Å²) in [5.74, 6) is 0.344. The standard InChI is InChI=1S/C16H13N5O/c22-15(12-5-2-1-3-6-12)13-9-17-16(18-10-13)19-11-14-7-4-8-20-21-14/h1-10H,11H2,(H,17,18,19). The summed E-state index contributed by atoms with van der Waals surface area (Å²) in [7, 11) is 0. The molecule has 108 valence electrons. The molecule has 3 aromatic rings. The molecule has 1 N–H and O–H groups in total. The number of ketones is 1. The van der Waals surface area contributed by atoms with Gasteiger partial charge < -0.3 is 5.32 Å². The molecule has 0 amide bonds. The van der Waals surface area contributed by atoms with Gasteiger partial charge in [-0.25, -0.2) is 9.97 Å². The van der Waals surface area contributed by atoms with E-state index in [1.807, 2.05) is 30.3 Å². The van der Waals surface area contributed by atoms with Crippen molar-refractivity contribution in [2.24, 2.45) is 0 Å². The van der Waals surface area contributed by atoms with E-state index in [-0.39, 0.29) is 5.78 Å². The van der Waals surface area contributed by atoms with E-state index in [1.165, 1.54) is 12.4 Å². The molecule has 0 fully saturated rings. The molecule has 0 spiro atoms. The van der Waals surface area contributed by atoms with Crippen LogP contribution < -0.4 is 5.32 Å². The summed E-state index contributed by atoms with van der Waals surface area (Å²) in [6.45, 7) is 0.472. The normalized spacial score (nSPS) is 10.2. The molecule has 6 nitrogen and oxygen atoms in total. The third-order valence-electron chi connectivity index (χ3n) is 3.01. The van der Waals surface area contributed by atoms with Gasteiger partial charge in [-0.15, -0.1) is 0 Å². The highest BCUT2D eigenvalue weighted by Gasteiger charge is 2.09. The summed E-state index contributed by atoms with van der Waals surface area (Å²) in [4.78, 5) is 20.5. The lowest BCUT2D eigenvalue weighted by molar-refractivity contribution is 0.103. The van der Waals surface area contributed by atoms with Gasteiger partial charge in [-0.3, -0.25) is 4.79 Å². The molecule has 0 saturated heterocycles. The lowest BCUT2D eigenvalue weighted by atomic mass is 10.1. The minimum absolute atomic E-state index is 0.0962. The summed E-state index contributed by atoms with van der Waals surface area (Å²) in [5, 5.41) is 10.8. The number of benzene rings is 1. The number of nitrogens with one attached hydrogen (secondary N) is 1. The van der Waals surface area contributed by atoms with Crippen LogP contribution in [0, 0.1) is 0 Å². The highest BCUT2D eigenvalue weighted by Crippen LogP contribution is 2.09. The Morgan fingerprint density at radius 2 is 1.73 bits per heavy atom. The van der Waals surface area contributed by atoms with Gasteiger partial charge in [0.05, 0.1) is 17.8 Å². The van der Waals surface area contributed by atoms with Gasteiger partial charge in [0, 0.05) is 24.2 Å². The van der Waals surface area contributed by atoms with Gasteiger partial charge in [0.1, 0.15) is 0 Å². The van der Waals surface area contributed by atoms with Crippen molar-refractivity contribution in [3.8, 4) is 0 Å². The molecule has 0 atom stereocenters. The van der Waals surface area contributed by atoms with E-state index in [2.05, 4.69) is 25.5 Å². The van der Waals surface area contributed by atoms with Crippen LogP contribution >= 0.6 is 0 Å². The van der Waals surface area contributed by atoms with Crippen LogP contribution in [-0.2, 0) is 6.54 Å². The molecule has 0 radical (unpaired) electrons. The molecule has 0 aliphatic carbocycles. The first kappa shape index (κ1) is 13.8. The van der Waals surface area contributed by atoms with Crippen LogP contribution in [0.25, 0.3) is 0 Å². The Balaban J connectivity index is 1.67. The van der Waals surface area contributed by atoms with E-state index >= 15 is 0 Å². The smallest absolute Gasteiger partial charge is 0.222 e. The van der Waals surface area contributed by atoms with E-state index in [1.54, 1.807) is 18.3 Å². The number of carbonyl (C=O) groups excluding carboxylic acids is 1. The van der Waals surface area contributed by atoms with Crippen molar-refractivity contribution in [3.05, 3.63) is 77.9 Å². The summed E-state index contributed by atoms with van der Waals surface area (Å²) >= 11 is 0. The van der Waals surface area contributed by atoms with Gasteiger partial charge in [0.25, 0.3) is 0 Å². The van der Waals surface area contributed by atoms with Crippen molar-refractivity contribution in [2.45, 2.75) is 6.54 Å². The summed E-state index contributed by atoms with van der Waals surface area (Å²) in [6.07, 6.45) is 4.65. The maximum absolute atomic E-state index is 12.2. The second kappa shape index (κ2) is 6.53. The van der Waals surface area contributed by atoms with Crippen LogP contribution in [-0.4, -0.2) is 25.9 Å². The topological polar surface area (TPSA) is 80.7 Å². The Labute approximate surface area is 127 Å². The van der Waals surface area contributed by atoms with Crippen molar-refractivity contribution in [3.63, 3.8) is 0 Å². The molecule has 0 bridgehead atoms. The molecule has 3 rings (SSSR count). The molecule has 6 heteroatoms. The molecule has 0 aliphatic rings. The Kier molecular flexibility index (Phi) is 4.10. The fourth-order valence-electron chi connectivity index (χ4n) is 1.89. The first-order valence-electron chi connectivity index (χ1n) is 6.75. The SMILES string of the molecule is O=C(c1ccccc1)c1cnc(NCc2cccnn2)nc1. The average molecular weight is 291 g/mol. The average Bonchev–Trinajstić information content (AvgIpc) is 2.61. The van der Waals surface area contributed by atoms with Crippen molar-refractivity contribution < 1.29 is 4.79 Å². The number of rotatable bonds is 5. The van der Waals surface area contributed by atoms with Gasteiger partial charge in [0.15, 0.2) is 5.78 Å². The van der Waals surface area contributed by atoms with Gasteiger partial charge in [0.2, 0.25) is 5.95 Å². The largest absolute Gasteiger partial charge is 0.348 e. The van der Waals surface area contributed by atoms with Gasteiger partial charge >= 0.3 is 0 Å². The van der Waals surface area contributed by atoms with Crippen molar-refractivity contribution >= 4 is 11.7 Å². The highest BCUT2D eigenvalue weighted by atomic mass is 16.1. The first-order valence-corrected chi connectivity index (χ1v) is 6.75. The molecule has 2 aromatic heterocycles. The maximum Gasteiger partial charge on any atom is 0.222 e. The van der Waals surface area contributed by atoms with Crippen LogP contribution in [0.2, 0.25) is 0 Å². The van der Waals surface area contributed by atoms with E-state index < -0.39 is 0 Å². The third-order valence-corrected chi connectivity index (χ3v) is 3.01. The monoisotopic (exact) mass is 291 g/mol. The van der Waals surface area contributed by atoms with Crippen LogP contribution in [0.3, 0.4) is 0 Å². The van der Waals surface area contributed by atoms with Crippen LogP contribution in [0.1, 0.15) is 21.6 Å². The second-order valence-corrected chi connectivity index (χ2v) is 4.56. The molecule has 0 unspecified atom stereocenters. The highest BCUT2D eigenvalue weighted by molar-refractivity contribution is 6.08. The quantitative estimate of drug-likeness (QED) is 0.725. The van der Waals surface area contributed by atoms with Crippen LogP contribution in [0.4, 0.5) is 5.95 Å². The van der Waals surface area contributed by atoms with E-state index in [9.17, 15) is 4.79 Å². The summed E-state index contributed by atoms with van der Waals surface area (Å²) in [6, 6.07) is 12.7. The molecule has 0 saturated carbocycles. The number of hydrogen-bond donors (Lipinski definition) is 1. The third kappa shape index (κ3) is 3.29. The number of carbonyl (C=O) groups is 1. The Morgan fingerprint density at radius 3 is 2.41 bits per heavy atom. The molecule has 22 heavy (non-hydrogen) atoms. The summed E-state index contributed by atoms with van der Waals surface area (Å²) in [5.41, 5.74) is 1.86. The maximum atomic E-state index is 12.2. The number of aromatic nitrogens is 4. The van der Waals surface area contributed by atoms with Gasteiger partial charge in [-0.1, -0.05) is 30.3 Å². The van der Waals surface area contributed by atoms with E-state index in [4.69, 9.17) is 0 Å². The molecule has 0 aliphatic heterocycles. The number of hydrogen-bond acceptors (Lipinski definition) is 6. The Morgan fingerprint density at radius 1 is 0.955 bits per heavy atom. The predicted octanol–water partition coefficient (Wildman–Crippen LogP) is 2.11. The Hall–Kier alpha value is -3.15. The van der Waals surface area contributed by atoms with Crippen LogP contribution in [0.15, 0.2) is 61.1 Å². The Bertz CT molecular complexity index is 745. The molecular weight excluding hydrogens is 278 g/mol. The van der Waals surface area contributed by atoms with Crippen molar-refractivity contribution in [1.29, 1.82) is 0 Å². The summed E-state index contributed by atoms with van der Waals surface area (Å²) < 4.78 is 0. The number of anilines is 1. The minimum atomic E-state index is -0.0962. The lowest BCUT2D eigenvalue weighted by Gasteiger charge is -2.04. The second-order valence-electron chi connectivity index (χ2n) is 4.56. The van der Waals surface area contributed by atoms with E-state index in [0.29, 0.717) is 23.6 Å². The van der Waals surface area contributed by atoms with Gasteiger partial charge in [-0.2, -0.15) is 10.2 Å². The molecule has 2 heterocycles. The fraction of sp³-hybridized carbons (Fsp3) is 0.0625. The predicted molar refractivity (Wildman–Crippen MR) is 81.3 cm³/mol. The number of nitrogens with zero attached hydrogens (tertiary/aromatic N) is 4. The lowest BCUT2D eigenvalue weighted by Crippen LogP contribution is -2.07. The zero-order valence-electron chi connectivity index (χ0n) is 11.7. The van der Waals surface area contributed by atoms with Crippen molar-refractivity contribution in [1.82, 2.24) is 20.2 Å². The van der Waals surface area contributed by atoms with Crippen molar-refractivity contribution in [2.75, 3.05) is 5.32 Å². The first-order chi connectivity index (χ1) is 10.8. The van der Waals surface area contributed by atoms with E-state index in [0.717, 1.165) is 5.69 Å². The zero-order valence-corrected chi connectivity index (χ0v) is 11.7. The fourth-order valence-corrected chi connectivity index (χ4v) is 1.89. The zero-order chi connectivity index (χ0) is 15.2. The minimum Gasteiger partial charge on any atom is -0.348 e. The van der Waals surface area contributed by atoms with Crippen LogP contribution in [0.5, 0.6) is 0 Å². The molecular formula is C16H13N5O. The van der Waals surface area contributed by atoms with Gasteiger partial charge in [-0.05, 0) is 12.1 Å². The molecule has 1 aromatic carbocycles.